The standard InChI is InChI=1S/C25H22O2/c26-25(27-24-9-5-2-6-10-24)23-16-15-21-17-20(13-14-22(21)18-23)12-11-19-7-3-1-4-8-19/h1,3-4,7-8,13-18,24H,2,5-6,9-10H2. The van der Waals surface area contributed by atoms with Gasteiger partial charge in [0, 0.05) is 11.1 Å². The highest BCUT2D eigenvalue weighted by Gasteiger charge is 2.18. The summed E-state index contributed by atoms with van der Waals surface area (Å²) >= 11 is 0. The second kappa shape index (κ2) is 8.10. The van der Waals surface area contributed by atoms with Crippen molar-refractivity contribution in [2.75, 3.05) is 0 Å². The largest absolute Gasteiger partial charge is 0.459 e. The molecule has 0 heterocycles. The lowest BCUT2D eigenvalue weighted by atomic mass is 9.97. The Balaban J connectivity index is 1.52. The first-order chi connectivity index (χ1) is 13.3. The average molecular weight is 354 g/mol. The van der Waals surface area contributed by atoms with Gasteiger partial charge in [-0.05, 0) is 72.9 Å². The van der Waals surface area contributed by atoms with E-state index in [1.54, 1.807) is 0 Å². The molecule has 0 aliphatic heterocycles. The molecule has 0 bridgehead atoms. The van der Waals surface area contributed by atoms with E-state index in [0.29, 0.717) is 5.56 Å². The van der Waals surface area contributed by atoms with Gasteiger partial charge in [0.2, 0.25) is 0 Å². The first-order valence-electron chi connectivity index (χ1n) is 9.60. The zero-order valence-corrected chi connectivity index (χ0v) is 15.3. The van der Waals surface area contributed by atoms with Gasteiger partial charge in [0.05, 0.1) is 5.56 Å². The summed E-state index contributed by atoms with van der Waals surface area (Å²) in [4.78, 5) is 12.4. The van der Waals surface area contributed by atoms with Gasteiger partial charge in [0.1, 0.15) is 6.10 Å². The van der Waals surface area contributed by atoms with Crippen LogP contribution in [-0.4, -0.2) is 12.1 Å². The second-order valence-electron chi connectivity index (χ2n) is 7.06. The van der Waals surface area contributed by atoms with Crippen molar-refractivity contribution in [3.8, 4) is 11.8 Å². The molecular formula is C25H22O2. The first kappa shape index (κ1) is 17.4. The summed E-state index contributed by atoms with van der Waals surface area (Å²) in [6.07, 6.45) is 5.62. The Hall–Kier alpha value is -3.05. The third kappa shape index (κ3) is 4.38. The molecule has 4 rings (SSSR count). The molecule has 1 aliphatic rings. The minimum atomic E-state index is -0.211. The molecule has 3 aromatic carbocycles. The molecular weight excluding hydrogens is 332 g/mol. The number of ether oxygens (including phenoxy) is 1. The van der Waals surface area contributed by atoms with Crippen molar-refractivity contribution < 1.29 is 9.53 Å². The lowest BCUT2D eigenvalue weighted by Gasteiger charge is -2.21. The number of benzene rings is 3. The second-order valence-corrected chi connectivity index (χ2v) is 7.06. The molecule has 0 atom stereocenters. The Bertz CT molecular complexity index is 1000. The summed E-state index contributed by atoms with van der Waals surface area (Å²) in [5.41, 5.74) is 2.58. The van der Waals surface area contributed by atoms with Gasteiger partial charge in [-0.25, -0.2) is 4.79 Å². The van der Waals surface area contributed by atoms with E-state index in [1.807, 2.05) is 60.7 Å². The number of carbonyl (C=O) groups is 1. The predicted molar refractivity (Wildman–Crippen MR) is 109 cm³/mol. The van der Waals surface area contributed by atoms with E-state index in [9.17, 15) is 4.79 Å². The fourth-order valence-corrected chi connectivity index (χ4v) is 3.52. The van der Waals surface area contributed by atoms with Crippen LogP contribution in [0.25, 0.3) is 10.8 Å². The highest BCUT2D eigenvalue weighted by atomic mass is 16.5. The van der Waals surface area contributed by atoms with Crippen molar-refractivity contribution in [1.29, 1.82) is 0 Å². The van der Waals surface area contributed by atoms with E-state index in [1.165, 1.54) is 6.42 Å². The third-order valence-corrected chi connectivity index (χ3v) is 5.03. The highest BCUT2D eigenvalue weighted by molar-refractivity contribution is 5.95. The highest BCUT2D eigenvalue weighted by Crippen LogP contribution is 2.23. The molecule has 0 unspecified atom stereocenters. The van der Waals surface area contributed by atoms with E-state index in [4.69, 9.17) is 4.74 Å². The summed E-state index contributed by atoms with van der Waals surface area (Å²) in [7, 11) is 0. The van der Waals surface area contributed by atoms with Crippen LogP contribution in [0, 0.1) is 11.8 Å². The fourth-order valence-electron chi connectivity index (χ4n) is 3.52. The van der Waals surface area contributed by atoms with Crippen LogP contribution in [0.4, 0.5) is 0 Å². The van der Waals surface area contributed by atoms with Gasteiger partial charge < -0.3 is 4.74 Å². The molecule has 2 heteroatoms. The van der Waals surface area contributed by atoms with Crippen molar-refractivity contribution in [3.05, 3.63) is 83.4 Å². The molecule has 0 spiro atoms. The molecule has 27 heavy (non-hydrogen) atoms. The van der Waals surface area contributed by atoms with E-state index in [0.717, 1.165) is 47.6 Å². The first-order valence-corrected chi connectivity index (χ1v) is 9.60. The number of hydrogen-bond acceptors (Lipinski definition) is 2. The number of esters is 1. The summed E-state index contributed by atoms with van der Waals surface area (Å²) in [6.45, 7) is 0. The monoisotopic (exact) mass is 354 g/mol. The number of rotatable bonds is 2. The average Bonchev–Trinajstić information content (AvgIpc) is 2.73. The Kier molecular flexibility index (Phi) is 5.21. The minimum Gasteiger partial charge on any atom is -0.459 e. The maximum atomic E-state index is 12.4. The quantitative estimate of drug-likeness (QED) is 0.434. The van der Waals surface area contributed by atoms with Gasteiger partial charge in [0.15, 0.2) is 0 Å². The molecule has 1 aliphatic carbocycles. The molecule has 1 saturated carbocycles. The number of hydrogen-bond donors (Lipinski definition) is 0. The van der Waals surface area contributed by atoms with Crippen LogP contribution < -0.4 is 0 Å². The van der Waals surface area contributed by atoms with Gasteiger partial charge in [0.25, 0.3) is 0 Å². The van der Waals surface area contributed by atoms with Crippen molar-refractivity contribution >= 4 is 16.7 Å². The lowest BCUT2D eigenvalue weighted by Crippen LogP contribution is -2.20. The van der Waals surface area contributed by atoms with Crippen LogP contribution >= 0.6 is 0 Å². The van der Waals surface area contributed by atoms with Gasteiger partial charge in [-0.1, -0.05) is 48.6 Å². The van der Waals surface area contributed by atoms with Crippen LogP contribution in [0.15, 0.2) is 66.7 Å². The summed E-state index contributed by atoms with van der Waals surface area (Å²) in [6, 6.07) is 21.8. The van der Waals surface area contributed by atoms with Crippen LogP contribution in [0.3, 0.4) is 0 Å². The minimum absolute atomic E-state index is 0.0811. The van der Waals surface area contributed by atoms with Crippen LogP contribution in [0.1, 0.15) is 53.6 Å². The third-order valence-electron chi connectivity index (χ3n) is 5.03. The van der Waals surface area contributed by atoms with Crippen molar-refractivity contribution in [2.24, 2.45) is 0 Å². The maximum Gasteiger partial charge on any atom is 0.338 e. The fraction of sp³-hybridized carbons (Fsp3) is 0.240. The van der Waals surface area contributed by atoms with Crippen molar-refractivity contribution in [3.63, 3.8) is 0 Å². The Morgan fingerprint density at radius 3 is 2.30 bits per heavy atom. The van der Waals surface area contributed by atoms with Gasteiger partial charge in [-0.3, -0.25) is 0 Å². The van der Waals surface area contributed by atoms with Crippen molar-refractivity contribution in [1.82, 2.24) is 0 Å². The number of fused-ring (bicyclic) bond motifs is 1. The number of carbonyl (C=O) groups excluding carboxylic acids is 1. The van der Waals surface area contributed by atoms with Crippen LogP contribution in [0.2, 0.25) is 0 Å². The summed E-state index contributed by atoms with van der Waals surface area (Å²) in [5, 5.41) is 2.10. The smallest absolute Gasteiger partial charge is 0.338 e. The Labute approximate surface area is 160 Å². The zero-order valence-electron chi connectivity index (χ0n) is 15.3. The molecule has 0 aromatic heterocycles. The topological polar surface area (TPSA) is 26.3 Å². The lowest BCUT2D eigenvalue weighted by molar-refractivity contribution is 0.0211. The normalized spacial score (nSPS) is 14.4. The summed E-state index contributed by atoms with van der Waals surface area (Å²) < 4.78 is 5.68. The van der Waals surface area contributed by atoms with Crippen LogP contribution in [-0.2, 0) is 4.74 Å². The Morgan fingerprint density at radius 1 is 0.778 bits per heavy atom. The van der Waals surface area contributed by atoms with E-state index in [2.05, 4.69) is 17.9 Å². The molecule has 0 amide bonds. The molecule has 2 nitrogen and oxygen atoms in total. The molecule has 0 N–H and O–H groups in total. The predicted octanol–water partition coefficient (Wildman–Crippen LogP) is 5.73. The van der Waals surface area contributed by atoms with Gasteiger partial charge in [-0.15, -0.1) is 0 Å². The molecule has 1 fully saturated rings. The van der Waals surface area contributed by atoms with E-state index in [-0.39, 0.29) is 12.1 Å². The van der Waals surface area contributed by atoms with Crippen molar-refractivity contribution in [2.45, 2.75) is 38.2 Å². The van der Waals surface area contributed by atoms with Crippen LogP contribution in [0.5, 0.6) is 0 Å². The molecule has 134 valence electrons. The molecule has 0 saturated heterocycles. The molecule has 3 aromatic rings. The van der Waals surface area contributed by atoms with Gasteiger partial charge >= 0.3 is 5.97 Å². The van der Waals surface area contributed by atoms with E-state index >= 15 is 0 Å². The summed E-state index contributed by atoms with van der Waals surface area (Å²) in [5.74, 6) is 6.17. The maximum absolute atomic E-state index is 12.4. The Morgan fingerprint density at radius 2 is 1.48 bits per heavy atom. The SMILES string of the molecule is O=C(OC1CCCCC1)c1ccc2cc(C#Cc3ccccc3)ccc2c1. The van der Waals surface area contributed by atoms with Gasteiger partial charge in [-0.2, -0.15) is 0 Å². The van der Waals surface area contributed by atoms with E-state index < -0.39 is 0 Å². The zero-order chi connectivity index (χ0) is 18.5. The molecule has 0 radical (unpaired) electrons.